The summed E-state index contributed by atoms with van der Waals surface area (Å²) in [4.78, 5) is 3.01. The van der Waals surface area contributed by atoms with Gasteiger partial charge in [-0.15, -0.1) is 0 Å². The maximum Gasteiger partial charge on any atom is 0.0251 e. The van der Waals surface area contributed by atoms with Crippen molar-refractivity contribution in [3.63, 3.8) is 0 Å². The van der Waals surface area contributed by atoms with Crippen LogP contribution in [0.25, 0.3) is 0 Å². The number of nitrogens with two attached hydrogens (primary N) is 1. The zero-order chi connectivity index (χ0) is 15.1. The van der Waals surface area contributed by atoms with Gasteiger partial charge in [-0.25, -0.2) is 0 Å². The van der Waals surface area contributed by atoms with Crippen molar-refractivity contribution in [1.29, 1.82) is 0 Å². The Morgan fingerprint density at radius 1 is 1.15 bits per heavy atom. The maximum atomic E-state index is 6.45. The van der Waals surface area contributed by atoms with Gasteiger partial charge in [0.05, 0.1) is 0 Å². The second-order valence-electron chi connectivity index (χ2n) is 5.91. The summed E-state index contributed by atoms with van der Waals surface area (Å²) in [7, 11) is 0. The molecule has 2 nitrogen and oxygen atoms in total. The Morgan fingerprint density at radius 3 is 2.20 bits per heavy atom. The van der Waals surface area contributed by atoms with E-state index in [0.717, 1.165) is 19.4 Å². The van der Waals surface area contributed by atoms with Crippen LogP contribution in [-0.2, 0) is 6.54 Å². The lowest BCUT2D eigenvalue weighted by Crippen LogP contribution is -2.50. The van der Waals surface area contributed by atoms with Crippen molar-refractivity contribution in [3.8, 4) is 0 Å². The Bertz CT molecular complexity index is 365. The molecule has 114 valence electrons. The second kappa shape index (κ2) is 8.81. The Morgan fingerprint density at radius 2 is 1.75 bits per heavy atom. The zero-order valence-electron chi connectivity index (χ0n) is 13.2. The number of hydrogen-bond donors (Lipinski definition) is 1. The minimum absolute atomic E-state index is 0.209. The maximum absolute atomic E-state index is 6.45. The quantitative estimate of drug-likeness (QED) is 0.719. The van der Waals surface area contributed by atoms with E-state index in [-0.39, 0.29) is 6.04 Å². The van der Waals surface area contributed by atoms with Crippen LogP contribution in [0.3, 0.4) is 0 Å². The molecule has 0 amide bonds. The smallest absolute Gasteiger partial charge is 0.0251 e. The molecule has 0 spiro atoms. The van der Waals surface area contributed by atoms with Crippen LogP contribution >= 0.6 is 15.9 Å². The van der Waals surface area contributed by atoms with Gasteiger partial charge in [0.25, 0.3) is 0 Å². The molecule has 0 aliphatic heterocycles. The van der Waals surface area contributed by atoms with E-state index in [9.17, 15) is 0 Å². The average molecular weight is 341 g/mol. The van der Waals surface area contributed by atoms with E-state index in [1.165, 1.54) is 5.56 Å². The highest BCUT2D eigenvalue weighted by Gasteiger charge is 2.26. The van der Waals surface area contributed by atoms with Crippen LogP contribution < -0.4 is 5.73 Å². The highest BCUT2D eigenvalue weighted by Crippen LogP contribution is 2.20. The molecule has 0 aliphatic rings. The molecule has 3 atom stereocenters. The highest BCUT2D eigenvalue weighted by molar-refractivity contribution is 9.09. The molecular formula is C17H29BrN2. The first kappa shape index (κ1) is 17.7. The Balaban J connectivity index is 2.81. The molecule has 0 saturated carbocycles. The first-order valence-corrected chi connectivity index (χ1v) is 8.56. The zero-order valence-corrected chi connectivity index (χ0v) is 14.8. The monoisotopic (exact) mass is 340 g/mol. The molecule has 0 heterocycles. The molecule has 1 rings (SSSR count). The van der Waals surface area contributed by atoms with Gasteiger partial charge in [-0.2, -0.15) is 0 Å². The number of alkyl halides is 1. The minimum Gasteiger partial charge on any atom is -0.326 e. The molecule has 3 heteroatoms. The van der Waals surface area contributed by atoms with Crippen molar-refractivity contribution in [2.24, 2.45) is 5.73 Å². The summed E-state index contributed by atoms with van der Waals surface area (Å²) < 4.78 is 0. The van der Waals surface area contributed by atoms with Gasteiger partial charge in [0.15, 0.2) is 0 Å². The lowest BCUT2D eigenvalue weighted by molar-refractivity contribution is 0.116. The predicted octanol–water partition coefficient (Wildman–Crippen LogP) is 4.18. The number of halogens is 1. The molecule has 1 aromatic rings. The van der Waals surface area contributed by atoms with Gasteiger partial charge in [-0.3, -0.25) is 4.90 Å². The average Bonchev–Trinajstić information content (AvgIpc) is 2.38. The van der Waals surface area contributed by atoms with Crippen LogP contribution in [0.4, 0.5) is 0 Å². The SMILES string of the molecule is CCC(C(N)CC(C)Br)N(Cc1ccccc1)C(C)C. The number of benzene rings is 1. The van der Waals surface area contributed by atoms with E-state index < -0.39 is 0 Å². The fraction of sp³-hybridized carbons (Fsp3) is 0.647. The molecular weight excluding hydrogens is 312 g/mol. The van der Waals surface area contributed by atoms with E-state index in [4.69, 9.17) is 5.73 Å². The Labute approximate surface area is 132 Å². The lowest BCUT2D eigenvalue weighted by Gasteiger charge is -2.38. The molecule has 0 fully saturated rings. The standard InChI is InChI=1S/C17H29BrN2/c1-5-17(16(19)11-14(4)18)20(13(2)3)12-15-9-7-6-8-10-15/h6-10,13-14,16-17H,5,11-12,19H2,1-4H3. The second-order valence-corrected chi connectivity index (χ2v) is 7.47. The van der Waals surface area contributed by atoms with Crippen molar-refractivity contribution in [2.75, 3.05) is 0 Å². The van der Waals surface area contributed by atoms with Gasteiger partial charge in [0, 0.05) is 29.5 Å². The number of rotatable bonds is 8. The number of hydrogen-bond acceptors (Lipinski definition) is 2. The van der Waals surface area contributed by atoms with Crippen molar-refractivity contribution in [3.05, 3.63) is 35.9 Å². The molecule has 0 aliphatic carbocycles. The number of nitrogens with zero attached hydrogens (tertiary/aromatic N) is 1. The first-order valence-electron chi connectivity index (χ1n) is 7.65. The van der Waals surface area contributed by atoms with Gasteiger partial charge in [0.2, 0.25) is 0 Å². The summed E-state index contributed by atoms with van der Waals surface area (Å²) in [6, 6.07) is 11.8. The van der Waals surface area contributed by atoms with Crippen molar-refractivity contribution in [1.82, 2.24) is 4.90 Å². The summed E-state index contributed by atoms with van der Waals surface area (Å²) in [5.41, 5.74) is 7.81. The van der Waals surface area contributed by atoms with E-state index >= 15 is 0 Å². The van der Waals surface area contributed by atoms with E-state index in [0.29, 0.717) is 16.9 Å². The van der Waals surface area contributed by atoms with Crippen molar-refractivity contribution in [2.45, 2.75) is 70.0 Å². The van der Waals surface area contributed by atoms with Gasteiger partial charge < -0.3 is 5.73 Å². The van der Waals surface area contributed by atoms with Gasteiger partial charge >= 0.3 is 0 Å². The summed E-state index contributed by atoms with van der Waals surface area (Å²) in [6.07, 6.45) is 2.10. The van der Waals surface area contributed by atoms with E-state index in [2.05, 4.69) is 78.9 Å². The molecule has 3 unspecified atom stereocenters. The molecule has 0 radical (unpaired) electrons. The van der Waals surface area contributed by atoms with Crippen LogP contribution in [0, 0.1) is 0 Å². The predicted molar refractivity (Wildman–Crippen MR) is 92.2 cm³/mol. The lowest BCUT2D eigenvalue weighted by atomic mass is 9.98. The summed E-state index contributed by atoms with van der Waals surface area (Å²) in [5.74, 6) is 0. The van der Waals surface area contributed by atoms with E-state index in [1.54, 1.807) is 0 Å². The van der Waals surface area contributed by atoms with E-state index in [1.807, 2.05) is 0 Å². The molecule has 0 aromatic heterocycles. The topological polar surface area (TPSA) is 29.3 Å². The highest BCUT2D eigenvalue weighted by atomic mass is 79.9. The molecule has 0 saturated heterocycles. The Hall–Kier alpha value is -0.380. The fourth-order valence-corrected chi connectivity index (χ4v) is 3.22. The molecule has 0 bridgehead atoms. The van der Waals surface area contributed by atoms with Crippen LogP contribution in [0.2, 0.25) is 0 Å². The third kappa shape index (κ3) is 5.55. The van der Waals surface area contributed by atoms with Gasteiger partial charge in [-0.05, 0) is 32.3 Å². The summed E-state index contributed by atoms with van der Waals surface area (Å²) >= 11 is 3.63. The first-order chi connectivity index (χ1) is 9.45. The van der Waals surface area contributed by atoms with Crippen LogP contribution in [-0.4, -0.2) is 27.9 Å². The van der Waals surface area contributed by atoms with Gasteiger partial charge in [-0.1, -0.05) is 60.1 Å². The Kier molecular flexibility index (Phi) is 7.78. The molecule has 20 heavy (non-hydrogen) atoms. The van der Waals surface area contributed by atoms with Crippen molar-refractivity contribution >= 4 is 15.9 Å². The minimum atomic E-state index is 0.209. The van der Waals surface area contributed by atoms with Crippen LogP contribution in [0.5, 0.6) is 0 Å². The third-order valence-electron chi connectivity index (χ3n) is 3.81. The molecule has 2 N–H and O–H groups in total. The third-order valence-corrected chi connectivity index (χ3v) is 4.18. The van der Waals surface area contributed by atoms with Crippen LogP contribution in [0.1, 0.15) is 46.1 Å². The largest absolute Gasteiger partial charge is 0.326 e. The van der Waals surface area contributed by atoms with Crippen molar-refractivity contribution < 1.29 is 0 Å². The van der Waals surface area contributed by atoms with Gasteiger partial charge in [0.1, 0.15) is 0 Å². The van der Waals surface area contributed by atoms with Crippen LogP contribution in [0.15, 0.2) is 30.3 Å². The summed E-state index contributed by atoms with van der Waals surface area (Å²) in [5, 5.41) is 0. The fourth-order valence-electron chi connectivity index (χ4n) is 2.79. The summed E-state index contributed by atoms with van der Waals surface area (Å²) in [6.45, 7) is 9.90. The normalized spacial score (nSPS) is 16.4. The molecule has 1 aromatic carbocycles.